The van der Waals surface area contributed by atoms with Crippen LogP contribution in [-0.4, -0.2) is 34.4 Å². The number of methoxy groups -OCH3 is 1. The molecular weight excluding hydrogens is 346 g/mol. The second kappa shape index (κ2) is 8.58. The van der Waals surface area contributed by atoms with Gasteiger partial charge in [0.1, 0.15) is 11.4 Å². The molecule has 1 amide bonds. The molecule has 0 unspecified atom stereocenters. The average Bonchev–Trinajstić information content (AvgIpc) is 3.12. The molecule has 0 aliphatic rings. The van der Waals surface area contributed by atoms with Crippen molar-refractivity contribution in [3.63, 3.8) is 0 Å². The number of hydrogen-bond donors (Lipinski definition) is 0. The Morgan fingerprint density at radius 1 is 1.12 bits per heavy atom. The molecule has 0 atom stereocenters. The summed E-state index contributed by atoms with van der Waals surface area (Å²) >= 11 is 1.49. The molecular formula is C20H21N3O2S. The van der Waals surface area contributed by atoms with Gasteiger partial charge >= 0.3 is 0 Å². The van der Waals surface area contributed by atoms with Crippen molar-refractivity contribution in [2.75, 3.05) is 13.7 Å². The summed E-state index contributed by atoms with van der Waals surface area (Å²) in [7, 11) is 1.65. The van der Waals surface area contributed by atoms with Gasteiger partial charge in [0.25, 0.3) is 5.91 Å². The molecule has 0 N–H and O–H groups in total. The van der Waals surface area contributed by atoms with Gasteiger partial charge in [-0.05, 0) is 48.7 Å². The molecule has 6 heteroatoms. The zero-order chi connectivity index (χ0) is 18.4. The van der Waals surface area contributed by atoms with Crippen molar-refractivity contribution >= 4 is 17.2 Å². The Bertz CT molecular complexity index is 847. The summed E-state index contributed by atoms with van der Waals surface area (Å²) in [4.78, 5) is 23.2. The summed E-state index contributed by atoms with van der Waals surface area (Å²) in [5.41, 5.74) is 2.72. The van der Waals surface area contributed by atoms with E-state index in [1.54, 1.807) is 19.5 Å². The van der Waals surface area contributed by atoms with Crippen LogP contribution < -0.4 is 4.74 Å². The minimum atomic E-state index is -0.0420. The van der Waals surface area contributed by atoms with Crippen LogP contribution in [0.25, 0.3) is 0 Å². The van der Waals surface area contributed by atoms with Crippen LogP contribution in [0.2, 0.25) is 0 Å². The topological polar surface area (TPSA) is 55.3 Å². The standard InChI is InChI=1S/C20H21N3O2S/c1-15-22-19(14-26-15)20(24)23(13-17-7-10-21-11-8-17)12-9-16-3-5-18(25-2)6-4-16/h3-8,10-11,14H,9,12-13H2,1-2H3. The van der Waals surface area contributed by atoms with Gasteiger partial charge in [-0.15, -0.1) is 11.3 Å². The predicted molar refractivity (Wildman–Crippen MR) is 103 cm³/mol. The lowest BCUT2D eigenvalue weighted by molar-refractivity contribution is 0.0739. The molecule has 0 aliphatic carbocycles. The summed E-state index contributed by atoms with van der Waals surface area (Å²) in [5.74, 6) is 0.788. The zero-order valence-electron chi connectivity index (χ0n) is 14.9. The zero-order valence-corrected chi connectivity index (χ0v) is 15.7. The van der Waals surface area contributed by atoms with Crippen molar-refractivity contribution in [2.24, 2.45) is 0 Å². The van der Waals surface area contributed by atoms with Gasteiger partial charge in [0.2, 0.25) is 0 Å². The normalized spacial score (nSPS) is 10.5. The lowest BCUT2D eigenvalue weighted by Crippen LogP contribution is -2.32. The van der Waals surface area contributed by atoms with Gasteiger partial charge in [-0.1, -0.05) is 12.1 Å². The van der Waals surface area contributed by atoms with Crippen LogP contribution in [0.5, 0.6) is 5.75 Å². The Balaban J connectivity index is 1.74. The largest absolute Gasteiger partial charge is 0.497 e. The fourth-order valence-electron chi connectivity index (χ4n) is 2.64. The molecule has 3 aromatic rings. The van der Waals surface area contributed by atoms with Gasteiger partial charge < -0.3 is 9.64 Å². The number of amides is 1. The molecule has 0 radical (unpaired) electrons. The number of rotatable bonds is 7. The molecule has 2 heterocycles. The van der Waals surface area contributed by atoms with E-state index in [1.165, 1.54) is 11.3 Å². The SMILES string of the molecule is COc1ccc(CCN(Cc2ccncc2)C(=O)c2csc(C)n2)cc1. The number of nitrogens with zero attached hydrogens (tertiary/aromatic N) is 3. The van der Waals surface area contributed by atoms with Crippen molar-refractivity contribution < 1.29 is 9.53 Å². The second-order valence-electron chi connectivity index (χ2n) is 5.93. The lowest BCUT2D eigenvalue weighted by atomic mass is 10.1. The van der Waals surface area contributed by atoms with E-state index in [9.17, 15) is 4.79 Å². The smallest absolute Gasteiger partial charge is 0.273 e. The highest BCUT2D eigenvalue weighted by molar-refractivity contribution is 7.09. The fourth-order valence-corrected chi connectivity index (χ4v) is 3.23. The van der Waals surface area contributed by atoms with Crippen LogP contribution in [0.1, 0.15) is 26.6 Å². The van der Waals surface area contributed by atoms with Gasteiger partial charge in [0.05, 0.1) is 12.1 Å². The van der Waals surface area contributed by atoms with Crippen LogP contribution >= 0.6 is 11.3 Å². The molecule has 0 spiro atoms. The van der Waals surface area contributed by atoms with Gasteiger partial charge in [0.15, 0.2) is 0 Å². The van der Waals surface area contributed by atoms with E-state index in [4.69, 9.17) is 4.74 Å². The van der Waals surface area contributed by atoms with E-state index in [0.717, 1.165) is 28.3 Å². The molecule has 26 heavy (non-hydrogen) atoms. The highest BCUT2D eigenvalue weighted by atomic mass is 32.1. The highest BCUT2D eigenvalue weighted by Gasteiger charge is 2.18. The number of ether oxygens (including phenoxy) is 1. The minimum Gasteiger partial charge on any atom is -0.497 e. The van der Waals surface area contributed by atoms with E-state index in [2.05, 4.69) is 9.97 Å². The minimum absolute atomic E-state index is 0.0420. The maximum atomic E-state index is 12.9. The van der Waals surface area contributed by atoms with Gasteiger partial charge in [0, 0.05) is 30.9 Å². The van der Waals surface area contributed by atoms with Crippen molar-refractivity contribution in [3.05, 3.63) is 76.0 Å². The monoisotopic (exact) mass is 367 g/mol. The second-order valence-corrected chi connectivity index (χ2v) is 6.99. The summed E-state index contributed by atoms with van der Waals surface area (Å²) in [5, 5.41) is 2.72. The number of carbonyl (C=O) groups excluding carboxylic acids is 1. The third kappa shape index (κ3) is 4.67. The summed E-state index contributed by atoms with van der Waals surface area (Å²) < 4.78 is 5.19. The molecule has 0 bridgehead atoms. The number of aryl methyl sites for hydroxylation is 1. The number of carbonyl (C=O) groups is 1. The Hall–Kier alpha value is -2.73. The summed E-state index contributed by atoms with van der Waals surface area (Å²) in [6.07, 6.45) is 4.26. The number of pyridine rings is 1. The van der Waals surface area contributed by atoms with E-state index >= 15 is 0 Å². The van der Waals surface area contributed by atoms with Crippen LogP contribution in [0.15, 0.2) is 54.2 Å². The molecule has 2 aromatic heterocycles. The number of aromatic nitrogens is 2. The maximum Gasteiger partial charge on any atom is 0.273 e. The highest BCUT2D eigenvalue weighted by Crippen LogP contribution is 2.16. The number of hydrogen-bond acceptors (Lipinski definition) is 5. The van der Waals surface area contributed by atoms with Crippen LogP contribution in [0, 0.1) is 6.92 Å². The maximum absolute atomic E-state index is 12.9. The third-order valence-corrected chi connectivity index (χ3v) is 4.85. The number of benzene rings is 1. The van der Waals surface area contributed by atoms with Crippen molar-refractivity contribution in [3.8, 4) is 5.75 Å². The van der Waals surface area contributed by atoms with E-state index in [-0.39, 0.29) is 5.91 Å². The van der Waals surface area contributed by atoms with Gasteiger partial charge in [-0.3, -0.25) is 9.78 Å². The first kappa shape index (κ1) is 18.1. The van der Waals surface area contributed by atoms with E-state index in [1.807, 2.05) is 53.6 Å². The van der Waals surface area contributed by atoms with Gasteiger partial charge in [-0.2, -0.15) is 0 Å². The first-order valence-corrected chi connectivity index (χ1v) is 9.27. The van der Waals surface area contributed by atoms with Crippen LogP contribution in [-0.2, 0) is 13.0 Å². The summed E-state index contributed by atoms with van der Waals surface area (Å²) in [6, 6.07) is 11.8. The molecule has 0 fully saturated rings. The molecule has 3 rings (SSSR count). The number of thiazole rings is 1. The van der Waals surface area contributed by atoms with E-state index in [0.29, 0.717) is 18.8 Å². The molecule has 0 saturated heterocycles. The van der Waals surface area contributed by atoms with Gasteiger partial charge in [-0.25, -0.2) is 4.98 Å². The molecule has 0 aliphatic heterocycles. The molecule has 134 valence electrons. The van der Waals surface area contributed by atoms with Crippen molar-refractivity contribution in [2.45, 2.75) is 19.9 Å². The Morgan fingerprint density at radius 2 is 1.85 bits per heavy atom. The van der Waals surface area contributed by atoms with Crippen LogP contribution in [0.4, 0.5) is 0 Å². The van der Waals surface area contributed by atoms with Crippen molar-refractivity contribution in [1.82, 2.24) is 14.9 Å². The third-order valence-electron chi connectivity index (χ3n) is 4.08. The Kier molecular flexibility index (Phi) is 5.96. The van der Waals surface area contributed by atoms with E-state index < -0.39 is 0 Å². The fraction of sp³-hybridized carbons (Fsp3) is 0.250. The molecule has 5 nitrogen and oxygen atoms in total. The first-order chi connectivity index (χ1) is 12.7. The van der Waals surface area contributed by atoms with Crippen molar-refractivity contribution in [1.29, 1.82) is 0 Å². The van der Waals surface area contributed by atoms with Crippen LogP contribution in [0.3, 0.4) is 0 Å². The first-order valence-electron chi connectivity index (χ1n) is 8.39. The Labute approximate surface area is 157 Å². The lowest BCUT2D eigenvalue weighted by Gasteiger charge is -2.22. The predicted octanol–water partition coefficient (Wildman–Crippen LogP) is 3.74. The Morgan fingerprint density at radius 3 is 2.46 bits per heavy atom. The molecule has 0 saturated carbocycles. The average molecular weight is 367 g/mol. The quantitative estimate of drug-likeness (QED) is 0.638. The molecule has 1 aromatic carbocycles. The summed E-state index contributed by atoms with van der Waals surface area (Å²) in [6.45, 7) is 3.06.